The van der Waals surface area contributed by atoms with E-state index in [-0.39, 0.29) is 29.7 Å². The average Bonchev–Trinajstić information content (AvgIpc) is 3.49. The topological polar surface area (TPSA) is 61.8 Å². The molecule has 2 aliphatic carbocycles. The molecule has 1 aromatic rings. The molecule has 4 rings (SSSR count). The predicted molar refractivity (Wildman–Crippen MR) is 128 cm³/mol. The van der Waals surface area contributed by atoms with E-state index in [4.69, 9.17) is 14.2 Å². The van der Waals surface area contributed by atoms with Gasteiger partial charge in [-0.25, -0.2) is 4.79 Å². The molecule has 6 heteroatoms. The van der Waals surface area contributed by atoms with E-state index < -0.39 is 11.2 Å². The second-order valence-electron chi connectivity index (χ2n) is 9.89. The van der Waals surface area contributed by atoms with Crippen LogP contribution in [0.5, 0.6) is 0 Å². The fourth-order valence-corrected chi connectivity index (χ4v) is 6.27. The van der Waals surface area contributed by atoms with Crippen molar-refractivity contribution in [2.45, 2.75) is 58.3 Å². The molecule has 4 atom stereocenters. The Bertz CT molecular complexity index is 981. The van der Waals surface area contributed by atoms with Crippen LogP contribution in [0.4, 0.5) is 0 Å². The Morgan fingerprint density at radius 1 is 1.21 bits per heavy atom. The van der Waals surface area contributed by atoms with Crippen molar-refractivity contribution < 1.29 is 23.8 Å². The highest BCUT2D eigenvalue weighted by molar-refractivity contribution is 9.12. The molecule has 1 heterocycles. The number of rotatable bonds is 6. The van der Waals surface area contributed by atoms with E-state index in [1.54, 1.807) is 19.1 Å². The van der Waals surface area contributed by atoms with Crippen LogP contribution < -0.4 is 0 Å². The molecule has 1 saturated heterocycles. The van der Waals surface area contributed by atoms with E-state index in [0.717, 1.165) is 19.3 Å². The minimum Gasteiger partial charge on any atom is -0.458 e. The van der Waals surface area contributed by atoms with Gasteiger partial charge in [-0.05, 0) is 53.2 Å². The third-order valence-corrected chi connectivity index (χ3v) is 7.77. The average molecular weight is 515 g/mol. The Balaban J connectivity index is 1.57. The van der Waals surface area contributed by atoms with Crippen LogP contribution in [0, 0.1) is 35.0 Å². The van der Waals surface area contributed by atoms with Gasteiger partial charge in [-0.15, -0.1) is 11.8 Å². The first-order chi connectivity index (χ1) is 15.7. The van der Waals surface area contributed by atoms with Crippen molar-refractivity contribution in [2.75, 3.05) is 13.2 Å². The third kappa shape index (κ3) is 5.11. The summed E-state index contributed by atoms with van der Waals surface area (Å²) < 4.78 is 18.5. The zero-order valence-corrected chi connectivity index (χ0v) is 21.0. The van der Waals surface area contributed by atoms with Gasteiger partial charge in [0.2, 0.25) is 0 Å². The number of allylic oxidation sites excluding steroid dienone is 1. The summed E-state index contributed by atoms with van der Waals surface area (Å²) in [4.78, 5) is 26.0. The van der Waals surface area contributed by atoms with E-state index in [1.165, 1.54) is 0 Å². The number of Topliss-reactive ketones (excluding diaryl/α,β-unsaturated/α-hetero) is 1. The molecule has 0 radical (unpaired) electrons. The summed E-state index contributed by atoms with van der Waals surface area (Å²) >= 11 is 3.55. The van der Waals surface area contributed by atoms with Gasteiger partial charge in [0.1, 0.15) is 6.10 Å². The number of ether oxygens (including phenoxy) is 3. The van der Waals surface area contributed by atoms with E-state index in [9.17, 15) is 9.59 Å². The van der Waals surface area contributed by atoms with Gasteiger partial charge in [0.15, 0.2) is 11.6 Å². The fourth-order valence-electron chi connectivity index (χ4n) is 5.43. The number of ketones is 1. The largest absolute Gasteiger partial charge is 0.458 e. The molecule has 1 aliphatic heterocycles. The zero-order valence-electron chi connectivity index (χ0n) is 19.4. The predicted octanol–water partition coefficient (Wildman–Crippen LogP) is 5.29. The highest BCUT2D eigenvalue weighted by atomic mass is 79.9. The molecule has 1 aromatic carbocycles. The summed E-state index contributed by atoms with van der Waals surface area (Å²) in [6.07, 6.45) is 4.43. The van der Waals surface area contributed by atoms with Crippen LogP contribution in [-0.4, -0.2) is 36.9 Å². The molecular weight excluding hydrogens is 484 g/mol. The molecule has 0 N–H and O–H groups in total. The van der Waals surface area contributed by atoms with Crippen molar-refractivity contribution in [3.8, 4) is 11.8 Å². The number of hydrogen-bond donors (Lipinski definition) is 0. The summed E-state index contributed by atoms with van der Waals surface area (Å²) in [6, 6.07) is 9.04. The van der Waals surface area contributed by atoms with Crippen LogP contribution in [-0.2, 0) is 19.0 Å². The summed E-state index contributed by atoms with van der Waals surface area (Å²) in [6.45, 7) is 6.81. The maximum absolute atomic E-state index is 13.2. The number of halogens is 1. The van der Waals surface area contributed by atoms with E-state index >= 15 is 0 Å². The minimum absolute atomic E-state index is 0.00270. The number of benzene rings is 1. The molecule has 0 amide bonds. The second kappa shape index (κ2) is 9.74. The number of carbonyl (C=O) groups excluding carboxylic acids is 2. The van der Waals surface area contributed by atoms with Crippen molar-refractivity contribution in [1.29, 1.82) is 0 Å². The Labute approximate surface area is 204 Å². The quantitative estimate of drug-likeness (QED) is 0.293. The molecular formula is C27H31BrO5. The monoisotopic (exact) mass is 514 g/mol. The van der Waals surface area contributed by atoms with Gasteiger partial charge in [0.25, 0.3) is 0 Å². The summed E-state index contributed by atoms with van der Waals surface area (Å²) in [5, 5.41) is 0. The normalized spacial score (nSPS) is 28.3. The smallest absolute Gasteiger partial charge is 0.338 e. The summed E-state index contributed by atoms with van der Waals surface area (Å²) in [5.74, 6) is 5.47. The van der Waals surface area contributed by atoms with Gasteiger partial charge in [0.05, 0.1) is 23.3 Å². The first-order valence-corrected chi connectivity index (χ1v) is 12.4. The fraction of sp³-hybridized carbons (Fsp3) is 0.556. The number of hydrogen-bond acceptors (Lipinski definition) is 5. The van der Waals surface area contributed by atoms with Gasteiger partial charge in [-0.1, -0.05) is 38.1 Å². The summed E-state index contributed by atoms with van der Waals surface area (Å²) in [5.41, 5.74) is -0.0770. The Kier molecular flexibility index (Phi) is 7.14. The molecule has 5 nitrogen and oxygen atoms in total. The van der Waals surface area contributed by atoms with Crippen LogP contribution in [0.1, 0.15) is 56.8 Å². The highest BCUT2D eigenvalue weighted by Crippen LogP contribution is 2.56. The van der Waals surface area contributed by atoms with Crippen molar-refractivity contribution in [2.24, 2.45) is 23.2 Å². The van der Waals surface area contributed by atoms with Gasteiger partial charge >= 0.3 is 5.97 Å². The Hall–Kier alpha value is -1.94. The molecule has 0 bridgehead atoms. The van der Waals surface area contributed by atoms with Crippen LogP contribution in [0.2, 0.25) is 0 Å². The van der Waals surface area contributed by atoms with Crippen molar-refractivity contribution in [3.05, 3.63) is 46.5 Å². The number of esters is 1. The SMILES string of the molecule is CC#CCC(C)(C)C(=O)C(Br)=C[C@H]1[C@H]2CC3(C[C@H]2C[C@H]1OC(=O)c1ccccc1)OCCO3. The Morgan fingerprint density at radius 3 is 2.58 bits per heavy atom. The van der Waals surface area contributed by atoms with Crippen LogP contribution in [0.25, 0.3) is 0 Å². The maximum atomic E-state index is 13.2. The first kappa shape index (κ1) is 24.2. The molecule has 176 valence electrons. The zero-order chi connectivity index (χ0) is 23.6. The molecule has 0 aromatic heterocycles. The lowest BCUT2D eigenvalue weighted by atomic mass is 9.83. The lowest BCUT2D eigenvalue weighted by Gasteiger charge is -2.27. The molecule has 3 fully saturated rings. The van der Waals surface area contributed by atoms with E-state index in [1.807, 2.05) is 38.1 Å². The van der Waals surface area contributed by atoms with Crippen molar-refractivity contribution in [3.63, 3.8) is 0 Å². The second-order valence-corrected chi connectivity index (χ2v) is 10.7. The van der Waals surface area contributed by atoms with Gasteiger partial charge in [-0.3, -0.25) is 4.79 Å². The van der Waals surface area contributed by atoms with Gasteiger partial charge in [0, 0.05) is 30.6 Å². The lowest BCUT2D eigenvalue weighted by molar-refractivity contribution is -0.157. The number of carbonyl (C=O) groups is 2. The van der Waals surface area contributed by atoms with Crippen LogP contribution in [0.15, 0.2) is 40.9 Å². The molecule has 0 unspecified atom stereocenters. The van der Waals surface area contributed by atoms with Gasteiger partial charge < -0.3 is 14.2 Å². The first-order valence-electron chi connectivity index (χ1n) is 11.6. The summed E-state index contributed by atoms with van der Waals surface area (Å²) in [7, 11) is 0. The lowest BCUT2D eigenvalue weighted by Crippen LogP contribution is -2.31. The standard InChI is InChI=1S/C27H31BrO5/c1-4-5-11-26(2,3)24(29)22(28)15-20-21-17-27(31-12-13-32-27)16-19(21)14-23(20)33-25(30)18-9-7-6-8-10-18/h6-10,15,19-21,23H,11-14,16-17H2,1-3H3/t19-,20+,21+,23-/m1/s1. The van der Waals surface area contributed by atoms with Gasteiger partial charge in [-0.2, -0.15) is 0 Å². The third-order valence-electron chi connectivity index (χ3n) is 7.14. The molecule has 1 spiro atoms. The van der Waals surface area contributed by atoms with E-state index in [2.05, 4.69) is 27.8 Å². The number of fused-ring (bicyclic) bond motifs is 1. The highest BCUT2D eigenvalue weighted by Gasteiger charge is 2.57. The van der Waals surface area contributed by atoms with Crippen molar-refractivity contribution in [1.82, 2.24) is 0 Å². The Morgan fingerprint density at radius 2 is 1.91 bits per heavy atom. The van der Waals surface area contributed by atoms with Crippen LogP contribution >= 0.6 is 15.9 Å². The molecule has 33 heavy (non-hydrogen) atoms. The van der Waals surface area contributed by atoms with Crippen molar-refractivity contribution >= 4 is 27.7 Å². The minimum atomic E-state index is -0.610. The maximum Gasteiger partial charge on any atom is 0.338 e. The molecule has 3 aliphatic rings. The van der Waals surface area contributed by atoms with Crippen LogP contribution in [0.3, 0.4) is 0 Å². The molecule has 2 saturated carbocycles. The van der Waals surface area contributed by atoms with E-state index in [0.29, 0.717) is 35.6 Å².